The van der Waals surface area contributed by atoms with Gasteiger partial charge < -0.3 is 15.0 Å². The quantitative estimate of drug-likeness (QED) is 0.837. The number of nitrogens with one attached hydrogen (secondary N) is 2. The van der Waals surface area contributed by atoms with Crippen LogP contribution in [0.2, 0.25) is 0 Å². The van der Waals surface area contributed by atoms with Gasteiger partial charge in [-0.1, -0.05) is 6.08 Å². The smallest absolute Gasteiger partial charge is 0.119 e. The molecule has 3 rings (SSSR count). The van der Waals surface area contributed by atoms with E-state index in [0.717, 1.165) is 37.4 Å². The van der Waals surface area contributed by atoms with Crippen molar-refractivity contribution in [3.63, 3.8) is 0 Å². The molecule has 1 aliphatic heterocycles. The van der Waals surface area contributed by atoms with E-state index in [4.69, 9.17) is 4.74 Å². The van der Waals surface area contributed by atoms with Crippen molar-refractivity contribution in [3.05, 3.63) is 42.6 Å². The highest BCUT2D eigenvalue weighted by Gasteiger charge is 2.22. The van der Waals surface area contributed by atoms with Crippen molar-refractivity contribution in [2.24, 2.45) is 0 Å². The van der Waals surface area contributed by atoms with Crippen LogP contribution in [0, 0.1) is 0 Å². The monoisotopic (exact) mass is 343 g/mol. The van der Waals surface area contributed by atoms with E-state index < -0.39 is 0 Å². The lowest BCUT2D eigenvalue weighted by Crippen LogP contribution is -2.44. The van der Waals surface area contributed by atoms with Gasteiger partial charge in [0.05, 0.1) is 13.2 Å². The Bertz CT molecular complexity index is 608. The summed E-state index contributed by atoms with van der Waals surface area (Å²) in [5.74, 6) is 0.890. The molecule has 4 nitrogen and oxygen atoms in total. The van der Waals surface area contributed by atoms with Gasteiger partial charge in [-0.25, -0.2) is 0 Å². The van der Waals surface area contributed by atoms with Gasteiger partial charge in [-0.3, -0.25) is 4.90 Å². The fourth-order valence-corrected chi connectivity index (χ4v) is 2.93. The Labute approximate surface area is 143 Å². The molecule has 122 valence electrons. The first-order chi connectivity index (χ1) is 9.83. The zero-order valence-corrected chi connectivity index (χ0v) is 14.3. The SMILES string of the molecule is C=C[C@H](c1c[nH]c2ccc(OC)cc12)N1CCNCC1.Cl.Cl. The number of methoxy groups -OCH3 is 1. The summed E-state index contributed by atoms with van der Waals surface area (Å²) in [6.07, 6.45) is 4.13. The fraction of sp³-hybridized carbons (Fsp3) is 0.375. The second kappa shape index (κ2) is 8.44. The highest BCUT2D eigenvalue weighted by molar-refractivity contribution is 5.86. The lowest BCUT2D eigenvalue weighted by molar-refractivity contribution is 0.204. The largest absolute Gasteiger partial charge is 0.497 e. The number of rotatable bonds is 4. The first kappa shape index (κ1) is 18.8. The summed E-state index contributed by atoms with van der Waals surface area (Å²) in [6.45, 7) is 8.21. The van der Waals surface area contributed by atoms with Crippen molar-refractivity contribution in [2.75, 3.05) is 33.3 Å². The summed E-state index contributed by atoms with van der Waals surface area (Å²) in [5.41, 5.74) is 2.42. The van der Waals surface area contributed by atoms with Crippen LogP contribution in [0.4, 0.5) is 0 Å². The van der Waals surface area contributed by atoms with E-state index in [1.165, 1.54) is 10.9 Å². The first-order valence-corrected chi connectivity index (χ1v) is 7.06. The maximum Gasteiger partial charge on any atom is 0.119 e. The number of aromatic nitrogens is 1. The molecule has 0 aliphatic carbocycles. The van der Waals surface area contributed by atoms with Crippen LogP contribution in [0.25, 0.3) is 10.9 Å². The average molecular weight is 344 g/mol. The molecule has 0 unspecified atom stereocenters. The van der Waals surface area contributed by atoms with Crippen LogP contribution < -0.4 is 10.1 Å². The molecule has 6 heteroatoms. The van der Waals surface area contributed by atoms with E-state index in [-0.39, 0.29) is 30.9 Å². The maximum atomic E-state index is 5.34. The Hall–Kier alpha value is -1.20. The third-order valence-electron chi connectivity index (χ3n) is 4.01. The van der Waals surface area contributed by atoms with E-state index in [9.17, 15) is 0 Å². The summed E-state index contributed by atoms with van der Waals surface area (Å²) in [7, 11) is 1.70. The average Bonchev–Trinajstić information content (AvgIpc) is 2.92. The van der Waals surface area contributed by atoms with E-state index in [1.54, 1.807) is 7.11 Å². The Morgan fingerprint density at radius 1 is 1.27 bits per heavy atom. The molecule has 22 heavy (non-hydrogen) atoms. The molecular formula is C16H23Cl2N3O. The Morgan fingerprint density at radius 3 is 2.64 bits per heavy atom. The van der Waals surface area contributed by atoms with Crippen LogP contribution in [-0.2, 0) is 0 Å². The number of aromatic amines is 1. The number of fused-ring (bicyclic) bond motifs is 1. The Balaban J connectivity index is 0.00000121. The van der Waals surface area contributed by atoms with Gasteiger partial charge in [-0.2, -0.15) is 0 Å². The molecule has 1 aromatic heterocycles. The molecule has 0 spiro atoms. The van der Waals surface area contributed by atoms with Crippen LogP contribution in [0.3, 0.4) is 0 Å². The van der Waals surface area contributed by atoms with Crippen molar-refractivity contribution in [3.8, 4) is 5.75 Å². The number of H-pyrrole nitrogens is 1. The topological polar surface area (TPSA) is 40.3 Å². The number of benzene rings is 1. The highest BCUT2D eigenvalue weighted by atomic mass is 35.5. The first-order valence-electron chi connectivity index (χ1n) is 7.06. The molecule has 1 saturated heterocycles. The molecule has 0 bridgehead atoms. The van der Waals surface area contributed by atoms with Gasteiger partial charge in [0.1, 0.15) is 5.75 Å². The van der Waals surface area contributed by atoms with E-state index >= 15 is 0 Å². The van der Waals surface area contributed by atoms with Gasteiger partial charge in [0.25, 0.3) is 0 Å². The van der Waals surface area contributed by atoms with Gasteiger partial charge in [-0.05, 0) is 23.8 Å². The minimum absolute atomic E-state index is 0. The lowest BCUT2D eigenvalue weighted by Gasteiger charge is -2.33. The van der Waals surface area contributed by atoms with E-state index in [1.807, 2.05) is 12.1 Å². The molecule has 2 aromatic rings. The number of halogens is 2. The molecular weight excluding hydrogens is 321 g/mol. The van der Waals surface area contributed by atoms with Crippen molar-refractivity contribution < 1.29 is 4.74 Å². The Kier molecular flexibility index (Phi) is 7.23. The Morgan fingerprint density at radius 2 is 2.00 bits per heavy atom. The third kappa shape index (κ3) is 3.58. The summed E-state index contributed by atoms with van der Waals surface area (Å²) < 4.78 is 5.34. The van der Waals surface area contributed by atoms with Crippen molar-refractivity contribution >= 4 is 35.7 Å². The van der Waals surface area contributed by atoms with Crippen LogP contribution in [0.5, 0.6) is 5.75 Å². The molecule has 1 fully saturated rings. The molecule has 0 amide bonds. The summed E-state index contributed by atoms with van der Waals surface area (Å²) in [4.78, 5) is 5.81. The fourth-order valence-electron chi connectivity index (χ4n) is 2.93. The van der Waals surface area contributed by atoms with Gasteiger partial charge in [0, 0.05) is 43.3 Å². The van der Waals surface area contributed by atoms with Crippen LogP contribution >= 0.6 is 24.8 Å². The summed E-state index contributed by atoms with van der Waals surface area (Å²) >= 11 is 0. The van der Waals surface area contributed by atoms with Crippen molar-refractivity contribution in [2.45, 2.75) is 6.04 Å². The summed E-state index contributed by atoms with van der Waals surface area (Å²) in [6, 6.07) is 6.39. The molecule has 1 aliphatic rings. The standard InChI is InChI=1S/C16H21N3O.2ClH/c1-3-16(19-8-6-17-7-9-19)14-11-18-15-5-4-12(20-2)10-13(14)15;;/h3-5,10-11,16-18H,1,6-9H2,2H3;2*1H/t16-;;/m1../s1. The number of hydrogen-bond donors (Lipinski definition) is 2. The van der Waals surface area contributed by atoms with Crippen LogP contribution in [0.1, 0.15) is 11.6 Å². The normalized spacial score (nSPS) is 16.4. The minimum Gasteiger partial charge on any atom is -0.497 e. The second-order valence-electron chi connectivity index (χ2n) is 5.12. The summed E-state index contributed by atoms with van der Waals surface area (Å²) in [5, 5.41) is 4.61. The van der Waals surface area contributed by atoms with Gasteiger partial charge in [-0.15, -0.1) is 31.4 Å². The number of ether oxygens (including phenoxy) is 1. The van der Waals surface area contributed by atoms with Crippen molar-refractivity contribution in [1.82, 2.24) is 15.2 Å². The molecule has 0 radical (unpaired) electrons. The maximum absolute atomic E-state index is 5.34. The van der Waals surface area contributed by atoms with Crippen molar-refractivity contribution in [1.29, 1.82) is 0 Å². The zero-order chi connectivity index (χ0) is 13.9. The zero-order valence-electron chi connectivity index (χ0n) is 12.7. The van der Waals surface area contributed by atoms with Crippen LogP contribution in [-0.4, -0.2) is 43.2 Å². The number of nitrogens with zero attached hydrogens (tertiary/aromatic N) is 1. The molecule has 1 aromatic carbocycles. The predicted octanol–water partition coefficient (Wildman–Crippen LogP) is 3.15. The molecule has 2 heterocycles. The number of hydrogen-bond acceptors (Lipinski definition) is 3. The number of piperazine rings is 1. The van der Waals surface area contributed by atoms with E-state index in [2.05, 4.69) is 40.1 Å². The van der Waals surface area contributed by atoms with Gasteiger partial charge >= 0.3 is 0 Å². The predicted molar refractivity (Wildman–Crippen MR) is 96.7 cm³/mol. The molecule has 1 atom stereocenters. The second-order valence-corrected chi connectivity index (χ2v) is 5.12. The molecule has 0 saturated carbocycles. The highest BCUT2D eigenvalue weighted by Crippen LogP contribution is 2.31. The minimum atomic E-state index is 0. The van der Waals surface area contributed by atoms with Gasteiger partial charge in [0.2, 0.25) is 0 Å². The van der Waals surface area contributed by atoms with E-state index in [0.29, 0.717) is 0 Å². The van der Waals surface area contributed by atoms with Crippen LogP contribution in [0.15, 0.2) is 37.1 Å². The lowest BCUT2D eigenvalue weighted by atomic mass is 10.0. The third-order valence-corrected chi connectivity index (χ3v) is 4.01. The molecule has 2 N–H and O–H groups in total. The van der Waals surface area contributed by atoms with Gasteiger partial charge in [0.15, 0.2) is 0 Å².